The lowest BCUT2D eigenvalue weighted by molar-refractivity contribution is 0.0825. The third kappa shape index (κ3) is 3.83. The standard InChI is InChI=1S/C14H23ClN4O2/c1-17-5-4-6-18(2)12(10-17)14(20)13-11(15)9-16-19(13)7-8-21-3/h9,12H,4-8,10H2,1-3H3. The van der Waals surface area contributed by atoms with E-state index in [9.17, 15) is 4.79 Å². The summed E-state index contributed by atoms with van der Waals surface area (Å²) >= 11 is 6.19. The number of ether oxygens (including phenoxy) is 1. The average molecular weight is 315 g/mol. The number of Topliss-reactive ketones (excluding diaryl/α,β-unsaturated/α-hetero) is 1. The van der Waals surface area contributed by atoms with Crippen LogP contribution in [0.5, 0.6) is 0 Å². The van der Waals surface area contributed by atoms with Gasteiger partial charge in [0.1, 0.15) is 5.69 Å². The molecule has 1 aromatic rings. The molecule has 1 saturated heterocycles. The van der Waals surface area contributed by atoms with E-state index < -0.39 is 0 Å². The minimum absolute atomic E-state index is 0.0323. The molecule has 0 amide bonds. The van der Waals surface area contributed by atoms with Crippen LogP contribution in [0.15, 0.2) is 6.20 Å². The first-order chi connectivity index (χ1) is 10.0. The highest BCUT2D eigenvalue weighted by Gasteiger charge is 2.31. The molecule has 0 radical (unpaired) electrons. The Morgan fingerprint density at radius 2 is 2.24 bits per heavy atom. The first kappa shape index (κ1) is 16.4. The number of methoxy groups -OCH3 is 1. The molecule has 118 valence electrons. The molecular formula is C14H23ClN4O2. The van der Waals surface area contributed by atoms with Gasteiger partial charge in [0.25, 0.3) is 0 Å². The van der Waals surface area contributed by atoms with Crippen molar-refractivity contribution in [2.45, 2.75) is 19.0 Å². The van der Waals surface area contributed by atoms with Crippen molar-refractivity contribution < 1.29 is 9.53 Å². The van der Waals surface area contributed by atoms with Crippen molar-refractivity contribution in [3.63, 3.8) is 0 Å². The number of carbonyl (C=O) groups excluding carboxylic acids is 1. The molecule has 7 heteroatoms. The SMILES string of the molecule is COCCn1ncc(Cl)c1C(=O)C1CN(C)CCCN1C. The minimum atomic E-state index is -0.187. The van der Waals surface area contributed by atoms with Crippen LogP contribution in [0, 0.1) is 0 Å². The molecule has 1 unspecified atom stereocenters. The fourth-order valence-electron chi connectivity index (χ4n) is 2.67. The number of hydrogen-bond acceptors (Lipinski definition) is 5. The maximum atomic E-state index is 12.9. The Labute approximate surface area is 130 Å². The Balaban J connectivity index is 2.23. The minimum Gasteiger partial charge on any atom is -0.383 e. The maximum absolute atomic E-state index is 12.9. The van der Waals surface area contributed by atoms with Gasteiger partial charge in [-0.2, -0.15) is 5.10 Å². The highest BCUT2D eigenvalue weighted by Crippen LogP contribution is 2.20. The van der Waals surface area contributed by atoms with E-state index in [0.29, 0.717) is 30.4 Å². The zero-order valence-corrected chi connectivity index (χ0v) is 13.6. The first-order valence-corrected chi connectivity index (χ1v) is 7.55. The van der Waals surface area contributed by atoms with Gasteiger partial charge in [-0.05, 0) is 33.6 Å². The second-order valence-corrected chi connectivity index (χ2v) is 5.94. The Bertz CT molecular complexity index is 491. The molecule has 0 aliphatic carbocycles. The van der Waals surface area contributed by atoms with Crippen molar-refractivity contribution in [3.05, 3.63) is 16.9 Å². The lowest BCUT2D eigenvalue weighted by Crippen LogP contribution is -2.44. The number of nitrogens with zero attached hydrogens (tertiary/aromatic N) is 4. The van der Waals surface area contributed by atoms with E-state index in [4.69, 9.17) is 16.3 Å². The van der Waals surface area contributed by atoms with E-state index in [1.807, 2.05) is 14.1 Å². The third-order valence-electron chi connectivity index (χ3n) is 3.91. The monoisotopic (exact) mass is 314 g/mol. The molecule has 0 N–H and O–H groups in total. The van der Waals surface area contributed by atoms with E-state index in [1.165, 1.54) is 6.20 Å². The summed E-state index contributed by atoms with van der Waals surface area (Å²) in [6.45, 7) is 3.64. The zero-order valence-electron chi connectivity index (χ0n) is 12.9. The summed E-state index contributed by atoms with van der Waals surface area (Å²) in [7, 11) is 5.66. The van der Waals surface area contributed by atoms with Crippen molar-refractivity contribution in [2.75, 3.05) is 47.4 Å². The average Bonchev–Trinajstić information content (AvgIpc) is 2.73. The van der Waals surface area contributed by atoms with Crippen molar-refractivity contribution >= 4 is 17.4 Å². The fraction of sp³-hybridized carbons (Fsp3) is 0.714. The second-order valence-electron chi connectivity index (χ2n) is 5.53. The summed E-state index contributed by atoms with van der Waals surface area (Å²) < 4.78 is 6.71. The van der Waals surface area contributed by atoms with Gasteiger partial charge < -0.3 is 9.64 Å². The Morgan fingerprint density at radius 1 is 1.48 bits per heavy atom. The topological polar surface area (TPSA) is 50.6 Å². The molecule has 1 aromatic heterocycles. The van der Waals surface area contributed by atoms with E-state index in [2.05, 4.69) is 14.9 Å². The van der Waals surface area contributed by atoms with Crippen LogP contribution in [0.2, 0.25) is 5.02 Å². The molecule has 0 aromatic carbocycles. The number of likely N-dealkylation sites (N-methyl/N-ethyl adjacent to an activating group) is 2. The van der Waals surface area contributed by atoms with Crippen LogP contribution in [0.4, 0.5) is 0 Å². The zero-order chi connectivity index (χ0) is 15.4. The maximum Gasteiger partial charge on any atom is 0.200 e. The van der Waals surface area contributed by atoms with E-state index >= 15 is 0 Å². The molecular weight excluding hydrogens is 292 g/mol. The lowest BCUT2D eigenvalue weighted by Gasteiger charge is -2.26. The van der Waals surface area contributed by atoms with Gasteiger partial charge >= 0.3 is 0 Å². The number of aromatic nitrogens is 2. The largest absolute Gasteiger partial charge is 0.383 e. The van der Waals surface area contributed by atoms with Crippen LogP contribution in [0.1, 0.15) is 16.9 Å². The Hall–Kier alpha value is -0.950. The summed E-state index contributed by atoms with van der Waals surface area (Å²) in [5.41, 5.74) is 0.487. The summed E-state index contributed by atoms with van der Waals surface area (Å²) in [6.07, 6.45) is 2.60. The van der Waals surface area contributed by atoms with Crippen molar-refractivity contribution in [1.82, 2.24) is 19.6 Å². The molecule has 0 bridgehead atoms. The Morgan fingerprint density at radius 3 is 2.95 bits per heavy atom. The number of hydrogen-bond donors (Lipinski definition) is 0. The summed E-state index contributed by atoms with van der Waals surface area (Å²) in [6, 6.07) is -0.187. The molecule has 1 atom stereocenters. The number of halogens is 1. The van der Waals surface area contributed by atoms with Gasteiger partial charge in [-0.1, -0.05) is 11.6 Å². The predicted octanol–water partition coefficient (Wildman–Crippen LogP) is 1.00. The Kier molecular flexibility index (Phi) is 5.75. The first-order valence-electron chi connectivity index (χ1n) is 7.17. The van der Waals surface area contributed by atoms with Crippen LogP contribution >= 0.6 is 11.6 Å². The van der Waals surface area contributed by atoms with E-state index in [-0.39, 0.29) is 11.8 Å². The highest BCUT2D eigenvalue weighted by atomic mass is 35.5. The van der Waals surface area contributed by atoms with Crippen molar-refractivity contribution in [1.29, 1.82) is 0 Å². The molecule has 6 nitrogen and oxygen atoms in total. The molecule has 1 aliphatic rings. The predicted molar refractivity (Wildman–Crippen MR) is 82.0 cm³/mol. The number of ketones is 1. The van der Waals surface area contributed by atoms with Crippen LogP contribution in [-0.4, -0.2) is 78.9 Å². The van der Waals surface area contributed by atoms with Gasteiger partial charge in [-0.25, -0.2) is 0 Å². The van der Waals surface area contributed by atoms with E-state index in [1.54, 1.807) is 11.8 Å². The lowest BCUT2D eigenvalue weighted by atomic mass is 10.1. The quantitative estimate of drug-likeness (QED) is 0.759. The van der Waals surface area contributed by atoms with Gasteiger partial charge in [-0.3, -0.25) is 14.4 Å². The molecule has 0 spiro atoms. The summed E-state index contributed by atoms with van der Waals surface area (Å²) in [5, 5.41) is 4.60. The van der Waals surface area contributed by atoms with E-state index in [0.717, 1.165) is 19.5 Å². The van der Waals surface area contributed by atoms with Crippen LogP contribution in [-0.2, 0) is 11.3 Å². The highest BCUT2D eigenvalue weighted by molar-refractivity contribution is 6.33. The molecule has 1 aliphatic heterocycles. The molecule has 2 rings (SSSR count). The van der Waals surface area contributed by atoms with Crippen LogP contribution in [0.25, 0.3) is 0 Å². The van der Waals surface area contributed by atoms with Crippen LogP contribution in [0.3, 0.4) is 0 Å². The fourth-order valence-corrected chi connectivity index (χ4v) is 2.90. The smallest absolute Gasteiger partial charge is 0.200 e. The molecule has 21 heavy (non-hydrogen) atoms. The third-order valence-corrected chi connectivity index (χ3v) is 4.18. The van der Waals surface area contributed by atoms with Crippen molar-refractivity contribution in [3.8, 4) is 0 Å². The van der Waals surface area contributed by atoms with Crippen molar-refractivity contribution in [2.24, 2.45) is 0 Å². The van der Waals surface area contributed by atoms with Gasteiger partial charge in [0.2, 0.25) is 5.78 Å². The van der Waals surface area contributed by atoms with Gasteiger partial charge in [0.15, 0.2) is 0 Å². The number of rotatable bonds is 5. The normalized spacial score (nSPS) is 21.4. The second kappa shape index (κ2) is 7.35. The number of carbonyl (C=O) groups is 1. The summed E-state index contributed by atoms with van der Waals surface area (Å²) in [5.74, 6) is 0.0323. The summed E-state index contributed by atoms with van der Waals surface area (Å²) in [4.78, 5) is 17.2. The van der Waals surface area contributed by atoms with Gasteiger partial charge in [0.05, 0.1) is 30.4 Å². The molecule has 0 saturated carbocycles. The van der Waals surface area contributed by atoms with Gasteiger partial charge in [0, 0.05) is 13.7 Å². The molecule has 2 heterocycles. The van der Waals surface area contributed by atoms with Crippen LogP contribution < -0.4 is 0 Å². The van der Waals surface area contributed by atoms with Gasteiger partial charge in [-0.15, -0.1) is 0 Å². The molecule has 1 fully saturated rings.